The Bertz CT molecular complexity index is 624. The largest absolute Gasteiger partial charge is 0.490 e. The Morgan fingerprint density at radius 2 is 1.90 bits per heavy atom. The lowest BCUT2D eigenvalue weighted by Crippen LogP contribution is -2.35. The van der Waals surface area contributed by atoms with Gasteiger partial charge in [0, 0.05) is 17.0 Å². The number of ether oxygens (including phenoxy) is 1. The van der Waals surface area contributed by atoms with E-state index in [1.165, 1.54) is 29.4 Å². The standard InChI is InChI=1S/C17H25N3O/c1-11-9-16(12(2)15-10-18-19-17(11)15)21-14-7-5-13(6-8-14)20(3)4/h9-10,13-14H,5-8H2,1-4H3,(H,18,19)/t13-,14+. The predicted octanol–water partition coefficient (Wildman–Crippen LogP) is 3.43. The second-order valence-corrected chi connectivity index (χ2v) is 6.49. The molecule has 1 aliphatic carbocycles. The Morgan fingerprint density at radius 3 is 2.57 bits per heavy atom. The highest BCUT2D eigenvalue weighted by atomic mass is 16.5. The molecule has 3 rings (SSSR count). The van der Waals surface area contributed by atoms with Crippen LogP contribution in [0.5, 0.6) is 5.75 Å². The maximum atomic E-state index is 6.31. The predicted molar refractivity (Wildman–Crippen MR) is 85.9 cm³/mol. The van der Waals surface area contributed by atoms with Gasteiger partial charge in [-0.2, -0.15) is 5.10 Å². The molecule has 4 nitrogen and oxygen atoms in total. The van der Waals surface area contributed by atoms with E-state index >= 15 is 0 Å². The van der Waals surface area contributed by atoms with Gasteiger partial charge in [-0.1, -0.05) is 0 Å². The summed E-state index contributed by atoms with van der Waals surface area (Å²) in [6.07, 6.45) is 6.99. The average Bonchev–Trinajstić information content (AvgIpc) is 2.95. The Hall–Kier alpha value is -1.55. The van der Waals surface area contributed by atoms with Crippen molar-refractivity contribution in [3.05, 3.63) is 23.4 Å². The van der Waals surface area contributed by atoms with Crippen LogP contribution in [-0.4, -0.2) is 41.3 Å². The lowest BCUT2D eigenvalue weighted by atomic mass is 9.92. The number of nitrogens with one attached hydrogen (secondary N) is 1. The summed E-state index contributed by atoms with van der Waals surface area (Å²) in [4.78, 5) is 2.34. The summed E-state index contributed by atoms with van der Waals surface area (Å²) >= 11 is 0. The number of fused-ring (bicyclic) bond motifs is 1. The van der Waals surface area contributed by atoms with Gasteiger partial charge < -0.3 is 9.64 Å². The van der Waals surface area contributed by atoms with Gasteiger partial charge in [0.1, 0.15) is 5.75 Å². The third-order valence-corrected chi connectivity index (χ3v) is 4.82. The lowest BCUT2D eigenvalue weighted by Gasteiger charge is -2.33. The SMILES string of the molecule is Cc1c(O[C@H]2CC[C@@H](N(C)C)CC2)cc(C)c2[nH]ncc12. The molecule has 0 saturated heterocycles. The minimum Gasteiger partial charge on any atom is -0.490 e. The lowest BCUT2D eigenvalue weighted by molar-refractivity contribution is 0.110. The summed E-state index contributed by atoms with van der Waals surface area (Å²) in [5.74, 6) is 1.02. The molecule has 0 bridgehead atoms. The molecular weight excluding hydrogens is 262 g/mol. The molecule has 0 unspecified atom stereocenters. The Morgan fingerprint density at radius 1 is 1.19 bits per heavy atom. The molecular formula is C17H25N3O. The van der Waals surface area contributed by atoms with Gasteiger partial charge >= 0.3 is 0 Å². The number of rotatable bonds is 3. The molecule has 1 heterocycles. The molecule has 0 spiro atoms. The summed E-state index contributed by atoms with van der Waals surface area (Å²) in [6.45, 7) is 4.23. The fourth-order valence-electron chi connectivity index (χ4n) is 3.36. The van der Waals surface area contributed by atoms with Gasteiger partial charge in [0.2, 0.25) is 0 Å². The quantitative estimate of drug-likeness (QED) is 0.940. The number of nitrogens with zero attached hydrogens (tertiary/aromatic N) is 2. The molecule has 4 heteroatoms. The Labute approximate surface area is 126 Å². The maximum absolute atomic E-state index is 6.31. The molecule has 0 atom stereocenters. The third-order valence-electron chi connectivity index (χ3n) is 4.82. The third kappa shape index (κ3) is 2.77. The molecule has 1 N–H and O–H groups in total. The first-order chi connectivity index (χ1) is 10.1. The number of aromatic nitrogens is 2. The summed E-state index contributed by atoms with van der Waals surface area (Å²) < 4.78 is 6.31. The van der Waals surface area contributed by atoms with Gasteiger partial charge in [-0.05, 0) is 65.3 Å². The van der Waals surface area contributed by atoms with Crippen LogP contribution < -0.4 is 4.74 Å². The molecule has 1 aromatic carbocycles. The van der Waals surface area contributed by atoms with Crippen LogP contribution in [0.3, 0.4) is 0 Å². The number of aromatic amines is 1. The molecule has 114 valence electrons. The van der Waals surface area contributed by atoms with Gasteiger partial charge in [-0.25, -0.2) is 0 Å². The highest BCUT2D eigenvalue weighted by Gasteiger charge is 2.24. The molecule has 1 aromatic heterocycles. The van der Waals surface area contributed by atoms with Crippen LogP contribution in [0.15, 0.2) is 12.3 Å². The molecule has 1 aliphatic rings. The van der Waals surface area contributed by atoms with Crippen molar-refractivity contribution in [2.45, 2.75) is 51.7 Å². The van der Waals surface area contributed by atoms with Crippen molar-refractivity contribution in [1.82, 2.24) is 15.1 Å². The van der Waals surface area contributed by atoms with E-state index in [1.54, 1.807) is 0 Å². The molecule has 1 fully saturated rings. The molecule has 0 aliphatic heterocycles. The van der Waals surface area contributed by atoms with Crippen molar-refractivity contribution in [3.8, 4) is 5.75 Å². The minimum absolute atomic E-state index is 0.351. The van der Waals surface area contributed by atoms with E-state index in [9.17, 15) is 0 Å². The van der Waals surface area contributed by atoms with Crippen LogP contribution in [0.2, 0.25) is 0 Å². The number of aryl methyl sites for hydroxylation is 2. The number of H-pyrrole nitrogens is 1. The van der Waals surface area contributed by atoms with Crippen molar-refractivity contribution < 1.29 is 4.74 Å². The van der Waals surface area contributed by atoms with E-state index in [0.29, 0.717) is 12.1 Å². The van der Waals surface area contributed by atoms with Gasteiger partial charge in [-0.15, -0.1) is 0 Å². The normalized spacial score (nSPS) is 22.9. The van der Waals surface area contributed by atoms with Crippen LogP contribution in [0, 0.1) is 13.8 Å². The zero-order valence-electron chi connectivity index (χ0n) is 13.4. The van der Waals surface area contributed by atoms with Crippen LogP contribution >= 0.6 is 0 Å². The van der Waals surface area contributed by atoms with E-state index in [4.69, 9.17) is 4.74 Å². The maximum Gasteiger partial charge on any atom is 0.123 e. The molecule has 1 saturated carbocycles. The van der Waals surface area contributed by atoms with Gasteiger partial charge in [0.15, 0.2) is 0 Å². The van der Waals surface area contributed by atoms with Crippen LogP contribution in [0.1, 0.15) is 36.8 Å². The topological polar surface area (TPSA) is 41.1 Å². The first kappa shape index (κ1) is 14.4. The summed E-state index contributed by atoms with van der Waals surface area (Å²) in [5.41, 5.74) is 3.51. The Kier molecular flexibility index (Phi) is 3.89. The van der Waals surface area contributed by atoms with Crippen molar-refractivity contribution >= 4 is 10.9 Å². The fraction of sp³-hybridized carbons (Fsp3) is 0.588. The van der Waals surface area contributed by atoms with Gasteiger partial charge in [0.25, 0.3) is 0 Å². The number of benzene rings is 1. The van der Waals surface area contributed by atoms with Crippen LogP contribution in [-0.2, 0) is 0 Å². The summed E-state index contributed by atoms with van der Waals surface area (Å²) in [6, 6.07) is 2.86. The zero-order chi connectivity index (χ0) is 15.0. The number of hydrogen-bond acceptors (Lipinski definition) is 3. The molecule has 0 amide bonds. The smallest absolute Gasteiger partial charge is 0.123 e. The van der Waals surface area contributed by atoms with Crippen molar-refractivity contribution in [2.24, 2.45) is 0 Å². The summed E-state index contributed by atoms with van der Waals surface area (Å²) in [5, 5.41) is 8.39. The van der Waals surface area contributed by atoms with Crippen molar-refractivity contribution in [3.63, 3.8) is 0 Å². The van der Waals surface area contributed by atoms with Crippen molar-refractivity contribution in [1.29, 1.82) is 0 Å². The summed E-state index contributed by atoms with van der Waals surface area (Å²) in [7, 11) is 4.35. The van der Waals surface area contributed by atoms with E-state index in [0.717, 1.165) is 24.1 Å². The van der Waals surface area contributed by atoms with E-state index in [-0.39, 0.29) is 0 Å². The monoisotopic (exact) mass is 287 g/mol. The Balaban J connectivity index is 1.75. The molecule has 0 radical (unpaired) electrons. The number of hydrogen-bond donors (Lipinski definition) is 1. The van der Waals surface area contributed by atoms with Crippen molar-refractivity contribution in [2.75, 3.05) is 14.1 Å². The first-order valence-electron chi connectivity index (χ1n) is 7.82. The zero-order valence-corrected chi connectivity index (χ0v) is 13.4. The van der Waals surface area contributed by atoms with Crippen LogP contribution in [0.25, 0.3) is 10.9 Å². The van der Waals surface area contributed by atoms with E-state index in [2.05, 4.69) is 49.1 Å². The average molecular weight is 287 g/mol. The highest BCUT2D eigenvalue weighted by molar-refractivity contribution is 5.86. The van der Waals surface area contributed by atoms with Crippen LogP contribution in [0.4, 0.5) is 0 Å². The van der Waals surface area contributed by atoms with E-state index < -0.39 is 0 Å². The first-order valence-corrected chi connectivity index (χ1v) is 7.82. The second-order valence-electron chi connectivity index (χ2n) is 6.49. The molecule has 21 heavy (non-hydrogen) atoms. The van der Waals surface area contributed by atoms with Gasteiger partial charge in [-0.3, -0.25) is 5.10 Å². The van der Waals surface area contributed by atoms with E-state index in [1.807, 2.05) is 6.20 Å². The fourth-order valence-corrected chi connectivity index (χ4v) is 3.36. The highest BCUT2D eigenvalue weighted by Crippen LogP contribution is 2.32. The molecule has 2 aromatic rings. The van der Waals surface area contributed by atoms with Gasteiger partial charge in [0.05, 0.1) is 17.8 Å². The minimum atomic E-state index is 0.351. The second kappa shape index (κ2) is 5.68.